The minimum atomic E-state index is -1.00. The van der Waals surface area contributed by atoms with Crippen LogP contribution < -0.4 is 0 Å². The lowest BCUT2D eigenvalue weighted by atomic mass is 10.3. The Labute approximate surface area is 85.5 Å². The Kier molecular flexibility index (Phi) is 3.94. The third-order valence-corrected chi connectivity index (χ3v) is 2.65. The van der Waals surface area contributed by atoms with Crippen LogP contribution in [0.15, 0.2) is 4.99 Å². The van der Waals surface area contributed by atoms with Crippen molar-refractivity contribution in [2.45, 2.75) is 13.0 Å². The number of hydrogen-bond acceptors (Lipinski definition) is 5. The molecule has 0 saturated carbocycles. The second-order valence-electron chi connectivity index (χ2n) is 2.67. The number of rotatable bonds is 3. The summed E-state index contributed by atoms with van der Waals surface area (Å²) in [5.41, 5.74) is 0.218. The van der Waals surface area contributed by atoms with Crippen LogP contribution in [0.5, 0.6) is 0 Å². The van der Waals surface area contributed by atoms with Crippen LogP contribution in [-0.2, 0) is 14.3 Å². The van der Waals surface area contributed by atoms with Gasteiger partial charge in [-0.15, -0.1) is 0 Å². The predicted octanol–water partition coefficient (Wildman–Crippen LogP) is 0.191. The van der Waals surface area contributed by atoms with E-state index in [1.54, 1.807) is 6.92 Å². The average molecular weight is 217 g/mol. The van der Waals surface area contributed by atoms with Crippen molar-refractivity contribution in [3.05, 3.63) is 0 Å². The van der Waals surface area contributed by atoms with Crippen molar-refractivity contribution in [3.63, 3.8) is 0 Å². The first-order valence-corrected chi connectivity index (χ1v) is 5.35. The standard InChI is InChI=1S/C8H11NO4S/c1-2-13-8(12)6-4-14-3-5(9-6)7(10)11/h5H,2-4H2,1H3,(H,10,11). The van der Waals surface area contributed by atoms with E-state index in [9.17, 15) is 9.59 Å². The highest BCUT2D eigenvalue weighted by atomic mass is 32.2. The van der Waals surface area contributed by atoms with Gasteiger partial charge in [-0.1, -0.05) is 0 Å². The molecule has 0 aromatic carbocycles. The fourth-order valence-electron chi connectivity index (χ4n) is 0.982. The summed E-state index contributed by atoms with van der Waals surface area (Å²) in [5.74, 6) is -0.661. The van der Waals surface area contributed by atoms with Crippen LogP contribution in [0, 0.1) is 0 Å². The third kappa shape index (κ3) is 2.73. The normalized spacial score (nSPS) is 21.2. The lowest BCUT2D eigenvalue weighted by molar-refractivity contribution is -0.137. The average Bonchev–Trinajstić information content (AvgIpc) is 2.18. The zero-order valence-electron chi connectivity index (χ0n) is 7.73. The van der Waals surface area contributed by atoms with Crippen molar-refractivity contribution < 1.29 is 19.4 Å². The third-order valence-electron chi connectivity index (χ3n) is 1.62. The first-order valence-electron chi connectivity index (χ1n) is 4.19. The minimum Gasteiger partial charge on any atom is -0.480 e. The molecule has 0 spiro atoms. The van der Waals surface area contributed by atoms with Crippen molar-refractivity contribution >= 4 is 29.4 Å². The number of nitrogens with zero attached hydrogens (tertiary/aromatic N) is 1. The van der Waals surface area contributed by atoms with Crippen molar-refractivity contribution in [2.24, 2.45) is 4.99 Å². The van der Waals surface area contributed by atoms with E-state index in [0.29, 0.717) is 11.5 Å². The Morgan fingerprint density at radius 2 is 2.43 bits per heavy atom. The number of hydrogen-bond donors (Lipinski definition) is 1. The highest BCUT2D eigenvalue weighted by molar-refractivity contribution is 8.00. The summed E-state index contributed by atoms with van der Waals surface area (Å²) >= 11 is 1.38. The van der Waals surface area contributed by atoms with Gasteiger partial charge in [0.15, 0.2) is 6.04 Å². The van der Waals surface area contributed by atoms with Gasteiger partial charge in [0.1, 0.15) is 5.71 Å². The number of ether oxygens (including phenoxy) is 1. The lowest BCUT2D eigenvalue weighted by Crippen LogP contribution is -2.32. The number of esters is 1. The van der Waals surface area contributed by atoms with Crippen molar-refractivity contribution in [3.8, 4) is 0 Å². The zero-order valence-corrected chi connectivity index (χ0v) is 8.54. The molecule has 0 aromatic heterocycles. The fourth-order valence-corrected chi connectivity index (χ4v) is 1.93. The Balaban J connectivity index is 2.68. The molecule has 0 radical (unpaired) electrons. The largest absolute Gasteiger partial charge is 0.480 e. The molecule has 0 fully saturated rings. The molecular formula is C8H11NO4S. The van der Waals surface area contributed by atoms with Crippen molar-refractivity contribution in [1.29, 1.82) is 0 Å². The van der Waals surface area contributed by atoms with E-state index in [2.05, 4.69) is 4.99 Å². The number of aliphatic carboxylic acids is 1. The van der Waals surface area contributed by atoms with Crippen molar-refractivity contribution in [1.82, 2.24) is 0 Å². The van der Waals surface area contributed by atoms with E-state index in [1.807, 2.05) is 0 Å². The Morgan fingerprint density at radius 3 is 3.00 bits per heavy atom. The molecule has 78 valence electrons. The van der Waals surface area contributed by atoms with Crippen LogP contribution in [0.4, 0.5) is 0 Å². The van der Waals surface area contributed by atoms with E-state index < -0.39 is 18.0 Å². The number of carboxylic acids is 1. The first-order chi connectivity index (χ1) is 6.65. The minimum absolute atomic E-state index is 0.218. The maximum Gasteiger partial charge on any atom is 0.353 e. The molecular weight excluding hydrogens is 206 g/mol. The molecule has 6 heteroatoms. The Hall–Kier alpha value is -1.04. The number of aliphatic imine (C=N–C) groups is 1. The van der Waals surface area contributed by atoms with E-state index in [-0.39, 0.29) is 12.3 Å². The topological polar surface area (TPSA) is 76.0 Å². The SMILES string of the molecule is CCOC(=O)C1=NC(C(=O)O)CSC1. The van der Waals surface area contributed by atoms with Crippen LogP contribution >= 0.6 is 11.8 Å². The molecule has 1 N–H and O–H groups in total. The van der Waals surface area contributed by atoms with Gasteiger partial charge in [-0.2, -0.15) is 11.8 Å². The molecule has 0 aliphatic carbocycles. The van der Waals surface area contributed by atoms with E-state index in [4.69, 9.17) is 9.84 Å². The molecule has 0 bridgehead atoms. The van der Waals surface area contributed by atoms with Gasteiger partial charge >= 0.3 is 11.9 Å². The summed E-state index contributed by atoms with van der Waals surface area (Å²) in [4.78, 5) is 25.6. The van der Waals surface area contributed by atoms with Crippen LogP contribution in [0.3, 0.4) is 0 Å². The Morgan fingerprint density at radius 1 is 1.71 bits per heavy atom. The quantitative estimate of drug-likeness (QED) is 0.683. The highest BCUT2D eigenvalue weighted by Gasteiger charge is 2.25. The van der Waals surface area contributed by atoms with Gasteiger partial charge in [-0.3, -0.25) is 4.99 Å². The van der Waals surface area contributed by atoms with Gasteiger partial charge in [0.25, 0.3) is 0 Å². The lowest BCUT2D eigenvalue weighted by Gasteiger charge is -2.15. The summed E-state index contributed by atoms with van der Waals surface area (Å²) in [6.07, 6.45) is 0. The van der Waals surface area contributed by atoms with Crippen LogP contribution in [0.25, 0.3) is 0 Å². The van der Waals surface area contributed by atoms with Gasteiger partial charge < -0.3 is 9.84 Å². The smallest absolute Gasteiger partial charge is 0.353 e. The van der Waals surface area contributed by atoms with E-state index in [1.165, 1.54) is 11.8 Å². The maximum absolute atomic E-state index is 11.2. The fraction of sp³-hybridized carbons (Fsp3) is 0.625. The van der Waals surface area contributed by atoms with Gasteiger partial charge in [0.2, 0.25) is 0 Å². The molecule has 14 heavy (non-hydrogen) atoms. The molecule has 1 unspecified atom stereocenters. The zero-order chi connectivity index (χ0) is 10.6. The molecule has 0 aromatic rings. The summed E-state index contributed by atoms with van der Waals surface area (Å²) in [6, 6.07) is -0.812. The monoisotopic (exact) mass is 217 g/mol. The second kappa shape index (κ2) is 4.99. The first kappa shape index (κ1) is 11.0. The highest BCUT2D eigenvalue weighted by Crippen LogP contribution is 2.14. The van der Waals surface area contributed by atoms with E-state index in [0.717, 1.165) is 0 Å². The van der Waals surface area contributed by atoms with Gasteiger partial charge in [0, 0.05) is 11.5 Å². The van der Waals surface area contributed by atoms with Crippen LogP contribution in [0.1, 0.15) is 6.92 Å². The summed E-state index contributed by atoms with van der Waals surface area (Å²) in [6.45, 7) is 1.98. The number of thioether (sulfide) groups is 1. The van der Waals surface area contributed by atoms with Gasteiger partial charge in [0.05, 0.1) is 6.61 Å². The van der Waals surface area contributed by atoms with Gasteiger partial charge in [-0.05, 0) is 6.92 Å². The molecule has 0 amide bonds. The Bertz CT molecular complexity index is 277. The molecule has 1 aliphatic heterocycles. The molecule has 1 aliphatic rings. The summed E-state index contributed by atoms with van der Waals surface area (Å²) in [7, 11) is 0. The summed E-state index contributed by atoms with van der Waals surface area (Å²) < 4.78 is 4.73. The molecule has 0 saturated heterocycles. The molecule has 1 heterocycles. The summed E-state index contributed by atoms with van der Waals surface area (Å²) in [5, 5.41) is 8.70. The molecule has 1 rings (SSSR count). The van der Waals surface area contributed by atoms with E-state index >= 15 is 0 Å². The number of carboxylic acid groups (broad SMARTS) is 1. The van der Waals surface area contributed by atoms with Crippen LogP contribution in [0.2, 0.25) is 0 Å². The molecule has 1 atom stereocenters. The van der Waals surface area contributed by atoms with Crippen molar-refractivity contribution in [2.75, 3.05) is 18.1 Å². The predicted molar refractivity (Wildman–Crippen MR) is 52.8 cm³/mol. The maximum atomic E-state index is 11.2. The van der Waals surface area contributed by atoms with Gasteiger partial charge in [-0.25, -0.2) is 9.59 Å². The molecule has 5 nitrogen and oxygen atoms in total. The second-order valence-corrected chi connectivity index (χ2v) is 3.70. The number of carbonyl (C=O) groups is 2. The number of carbonyl (C=O) groups excluding carboxylic acids is 1. The van der Waals surface area contributed by atoms with Crippen LogP contribution in [-0.4, -0.2) is 46.9 Å².